The Balaban J connectivity index is 1.14. The molecule has 0 unspecified atom stereocenters. The van der Waals surface area contributed by atoms with E-state index in [0.29, 0.717) is 12.1 Å². The fourth-order valence-electron chi connectivity index (χ4n) is 3.72. The molecule has 2 N–H and O–H groups in total. The third-order valence-electron chi connectivity index (χ3n) is 5.56. The van der Waals surface area contributed by atoms with Crippen molar-refractivity contribution in [3.8, 4) is 0 Å². The van der Waals surface area contributed by atoms with Gasteiger partial charge in [-0.1, -0.05) is 36.0 Å². The molecular formula is C25H25N5O2S. The standard InChI is InChI=1S/C25H25N5O2S/c31-24(27-16-19-9-10-26-23(15-19)30-11-13-32-14-12-30)20-7-5-18(6-8-20)17-33-25-28-21-3-1-2-4-22(21)29-25/h1-10,15H,11-14,16-17H2,(H,27,31)(H,28,29). The number of pyridine rings is 1. The first kappa shape index (κ1) is 21.5. The topological polar surface area (TPSA) is 83.1 Å². The molecule has 1 fully saturated rings. The van der Waals surface area contributed by atoms with Crippen molar-refractivity contribution in [1.82, 2.24) is 20.3 Å². The summed E-state index contributed by atoms with van der Waals surface area (Å²) in [6.07, 6.45) is 1.79. The Hall–Kier alpha value is -3.36. The largest absolute Gasteiger partial charge is 0.378 e. The van der Waals surface area contributed by atoms with Crippen LogP contribution in [-0.4, -0.2) is 47.2 Å². The van der Waals surface area contributed by atoms with E-state index in [-0.39, 0.29) is 5.91 Å². The van der Waals surface area contributed by atoms with Gasteiger partial charge in [-0.15, -0.1) is 0 Å². The minimum absolute atomic E-state index is 0.0868. The highest BCUT2D eigenvalue weighted by atomic mass is 32.2. The van der Waals surface area contributed by atoms with Crippen LogP contribution in [0.3, 0.4) is 0 Å². The summed E-state index contributed by atoms with van der Waals surface area (Å²) in [7, 11) is 0. The molecule has 4 aromatic rings. The molecule has 8 heteroatoms. The number of nitrogens with one attached hydrogen (secondary N) is 2. The normalized spacial score (nSPS) is 13.9. The summed E-state index contributed by atoms with van der Waals surface area (Å²) < 4.78 is 5.41. The molecule has 1 aliphatic heterocycles. The molecule has 1 saturated heterocycles. The van der Waals surface area contributed by atoms with E-state index in [1.54, 1.807) is 18.0 Å². The molecular weight excluding hydrogens is 434 g/mol. The molecule has 0 spiro atoms. The maximum Gasteiger partial charge on any atom is 0.251 e. The molecule has 168 valence electrons. The molecule has 0 radical (unpaired) electrons. The molecule has 7 nitrogen and oxygen atoms in total. The van der Waals surface area contributed by atoms with Crippen molar-refractivity contribution in [2.24, 2.45) is 0 Å². The minimum Gasteiger partial charge on any atom is -0.378 e. The van der Waals surface area contributed by atoms with Gasteiger partial charge >= 0.3 is 0 Å². The number of imidazole rings is 1. The highest BCUT2D eigenvalue weighted by molar-refractivity contribution is 7.98. The van der Waals surface area contributed by atoms with E-state index in [2.05, 4.69) is 25.2 Å². The lowest BCUT2D eigenvalue weighted by atomic mass is 10.1. The van der Waals surface area contributed by atoms with E-state index < -0.39 is 0 Å². The average molecular weight is 460 g/mol. The molecule has 0 atom stereocenters. The number of aromatic nitrogens is 3. The average Bonchev–Trinajstić information content (AvgIpc) is 3.30. The number of aromatic amines is 1. The number of nitrogens with zero attached hydrogens (tertiary/aromatic N) is 3. The number of thioether (sulfide) groups is 1. The van der Waals surface area contributed by atoms with Crippen molar-refractivity contribution in [2.45, 2.75) is 17.5 Å². The second kappa shape index (κ2) is 10.1. The van der Waals surface area contributed by atoms with E-state index in [1.165, 1.54) is 0 Å². The molecule has 2 aromatic heterocycles. The summed E-state index contributed by atoms with van der Waals surface area (Å²) in [6, 6.07) is 19.7. The number of benzene rings is 2. The van der Waals surface area contributed by atoms with Crippen molar-refractivity contribution in [1.29, 1.82) is 0 Å². The van der Waals surface area contributed by atoms with Gasteiger partial charge in [0.2, 0.25) is 0 Å². The number of carbonyl (C=O) groups is 1. The van der Waals surface area contributed by atoms with Crippen molar-refractivity contribution < 1.29 is 9.53 Å². The molecule has 2 aromatic carbocycles. The summed E-state index contributed by atoms with van der Waals surface area (Å²) in [6.45, 7) is 3.57. The first-order valence-electron chi connectivity index (χ1n) is 11.0. The monoisotopic (exact) mass is 459 g/mol. The number of para-hydroxylation sites is 2. The molecule has 3 heterocycles. The zero-order valence-electron chi connectivity index (χ0n) is 18.2. The number of hydrogen-bond donors (Lipinski definition) is 2. The van der Waals surface area contributed by atoms with Crippen LogP contribution in [0.1, 0.15) is 21.5 Å². The number of ether oxygens (including phenoxy) is 1. The fraction of sp³-hybridized carbons (Fsp3) is 0.240. The first-order chi connectivity index (χ1) is 16.2. The van der Waals surface area contributed by atoms with E-state index in [9.17, 15) is 4.79 Å². The Kier molecular flexibility index (Phi) is 6.55. The lowest BCUT2D eigenvalue weighted by Gasteiger charge is -2.28. The van der Waals surface area contributed by atoms with Crippen LogP contribution in [0.5, 0.6) is 0 Å². The predicted octanol–water partition coefficient (Wildman–Crippen LogP) is 4.02. The molecule has 33 heavy (non-hydrogen) atoms. The summed E-state index contributed by atoms with van der Waals surface area (Å²) in [5.41, 5.74) is 4.83. The summed E-state index contributed by atoms with van der Waals surface area (Å²) in [5, 5.41) is 3.90. The van der Waals surface area contributed by atoms with Gasteiger partial charge in [0.05, 0.1) is 24.2 Å². The summed E-state index contributed by atoms with van der Waals surface area (Å²) >= 11 is 1.65. The smallest absolute Gasteiger partial charge is 0.251 e. The van der Waals surface area contributed by atoms with Crippen LogP contribution < -0.4 is 10.2 Å². The number of fused-ring (bicyclic) bond motifs is 1. The maximum absolute atomic E-state index is 12.6. The highest BCUT2D eigenvalue weighted by Gasteiger charge is 2.13. The SMILES string of the molecule is O=C(NCc1ccnc(N2CCOCC2)c1)c1ccc(CSc2nc3ccccc3[nH]2)cc1. The molecule has 1 amide bonds. The van der Waals surface area contributed by atoms with Crippen LogP contribution in [0.25, 0.3) is 11.0 Å². The van der Waals surface area contributed by atoms with Crippen LogP contribution in [0.2, 0.25) is 0 Å². The number of H-pyrrole nitrogens is 1. The van der Waals surface area contributed by atoms with Gasteiger partial charge in [-0.3, -0.25) is 4.79 Å². The molecule has 5 rings (SSSR count). The molecule has 0 saturated carbocycles. The first-order valence-corrected chi connectivity index (χ1v) is 12.0. The predicted molar refractivity (Wildman–Crippen MR) is 131 cm³/mol. The molecule has 0 aliphatic carbocycles. The number of anilines is 1. The van der Waals surface area contributed by atoms with E-state index in [1.807, 2.05) is 60.7 Å². The Morgan fingerprint density at radius 1 is 1.06 bits per heavy atom. The van der Waals surface area contributed by atoms with Gasteiger partial charge in [-0.2, -0.15) is 0 Å². The number of rotatable bonds is 7. The lowest BCUT2D eigenvalue weighted by Crippen LogP contribution is -2.36. The third kappa shape index (κ3) is 5.35. The maximum atomic E-state index is 12.6. The van der Waals surface area contributed by atoms with Crippen LogP contribution in [0.4, 0.5) is 5.82 Å². The summed E-state index contributed by atoms with van der Waals surface area (Å²) in [4.78, 5) is 27.2. The van der Waals surface area contributed by atoms with Gasteiger partial charge in [-0.25, -0.2) is 9.97 Å². The second-order valence-electron chi connectivity index (χ2n) is 7.85. The molecule has 1 aliphatic rings. The van der Waals surface area contributed by atoms with Crippen LogP contribution >= 0.6 is 11.8 Å². The Morgan fingerprint density at radius 3 is 2.70 bits per heavy atom. The van der Waals surface area contributed by atoms with Gasteiger partial charge in [0.15, 0.2) is 5.16 Å². The van der Waals surface area contributed by atoms with Gasteiger partial charge < -0.3 is 19.9 Å². The van der Waals surface area contributed by atoms with E-state index in [0.717, 1.165) is 65.2 Å². The zero-order chi connectivity index (χ0) is 22.5. The highest BCUT2D eigenvalue weighted by Crippen LogP contribution is 2.23. The Bertz CT molecular complexity index is 1200. The number of morpholine rings is 1. The second-order valence-corrected chi connectivity index (χ2v) is 8.81. The van der Waals surface area contributed by atoms with Crippen molar-refractivity contribution in [3.63, 3.8) is 0 Å². The number of carbonyl (C=O) groups excluding carboxylic acids is 1. The zero-order valence-corrected chi connectivity index (χ0v) is 19.0. The Labute approximate surface area is 196 Å². The van der Waals surface area contributed by atoms with Gasteiger partial charge in [0.1, 0.15) is 5.82 Å². The lowest BCUT2D eigenvalue weighted by molar-refractivity contribution is 0.0951. The van der Waals surface area contributed by atoms with Crippen molar-refractivity contribution >= 4 is 34.5 Å². The van der Waals surface area contributed by atoms with Crippen molar-refractivity contribution in [2.75, 3.05) is 31.2 Å². The third-order valence-corrected chi connectivity index (χ3v) is 6.50. The van der Waals surface area contributed by atoms with Gasteiger partial charge in [-0.05, 0) is 47.5 Å². The van der Waals surface area contributed by atoms with Gasteiger partial charge in [0.25, 0.3) is 5.91 Å². The number of amides is 1. The summed E-state index contributed by atoms with van der Waals surface area (Å²) in [5.74, 6) is 1.62. The number of hydrogen-bond acceptors (Lipinski definition) is 6. The quantitative estimate of drug-likeness (QED) is 0.406. The molecule has 0 bridgehead atoms. The van der Waals surface area contributed by atoms with E-state index >= 15 is 0 Å². The van der Waals surface area contributed by atoms with Gasteiger partial charge in [0, 0.05) is 37.1 Å². The van der Waals surface area contributed by atoms with Crippen LogP contribution in [0.15, 0.2) is 72.0 Å². The van der Waals surface area contributed by atoms with E-state index in [4.69, 9.17) is 4.74 Å². The van der Waals surface area contributed by atoms with Crippen molar-refractivity contribution in [3.05, 3.63) is 83.6 Å². The fourth-order valence-corrected chi connectivity index (χ4v) is 4.56. The minimum atomic E-state index is -0.0868. The van der Waals surface area contributed by atoms with Crippen LogP contribution in [0, 0.1) is 0 Å². The Morgan fingerprint density at radius 2 is 1.88 bits per heavy atom. The van der Waals surface area contributed by atoms with Crippen LogP contribution in [-0.2, 0) is 17.0 Å².